The molecule has 2 rings (SSSR count). The van der Waals surface area contributed by atoms with Crippen molar-refractivity contribution >= 4 is 63.2 Å². The Balaban J connectivity index is 2.32. The van der Waals surface area contributed by atoms with Gasteiger partial charge in [0.1, 0.15) is 14.5 Å². The van der Waals surface area contributed by atoms with Gasteiger partial charge in [-0.2, -0.15) is 0 Å². The van der Waals surface area contributed by atoms with E-state index in [1.54, 1.807) is 12.1 Å². The monoisotopic (exact) mass is 416 g/mol. The maximum atomic E-state index is 11.8. The SMILES string of the molecule is O=C1CC(S(=O)(=O)Cl)CN1c1cc(Br)nc(Br)c1. The first kappa shape index (κ1) is 14.2. The summed E-state index contributed by atoms with van der Waals surface area (Å²) in [6.45, 7) is 0.0631. The number of amides is 1. The second-order valence-electron chi connectivity index (χ2n) is 3.78. The summed E-state index contributed by atoms with van der Waals surface area (Å²) in [5.41, 5.74) is 0.580. The number of nitrogens with zero attached hydrogens (tertiary/aromatic N) is 2. The van der Waals surface area contributed by atoms with Gasteiger partial charge in [0.2, 0.25) is 15.0 Å². The molecular weight excluding hydrogens is 411 g/mol. The Morgan fingerprint density at radius 3 is 2.33 bits per heavy atom. The maximum absolute atomic E-state index is 11.8. The summed E-state index contributed by atoms with van der Waals surface area (Å²) in [5.74, 6) is -0.269. The average Bonchev–Trinajstić information content (AvgIpc) is 2.58. The van der Waals surface area contributed by atoms with Gasteiger partial charge in [0, 0.05) is 29.3 Å². The average molecular weight is 418 g/mol. The molecule has 1 unspecified atom stereocenters. The van der Waals surface area contributed by atoms with Crippen LogP contribution >= 0.6 is 42.5 Å². The molecule has 0 N–H and O–H groups in total. The number of hydrogen-bond acceptors (Lipinski definition) is 4. The summed E-state index contributed by atoms with van der Waals surface area (Å²) in [4.78, 5) is 17.2. The van der Waals surface area contributed by atoms with Gasteiger partial charge in [-0.3, -0.25) is 4.79 Å². The van der Waals surface area contributed by atoms with Crippen molar-refractivity contribution in [3.8, 4) is 0 Å². The van der Waals surface area contributed by atoms with Gasteiger partial charge in [-0.25, -0.2) is 13.4 Å². The van der Waals surface area contributed by atoms with Crippen LogP contribution in [0.15, 0.2) is 21.3 Å². The lowest BCUT2D eigenvalue weighted by atomic mass is 10.4. The molecule has 1 saturated heterocycles. The molecule has 0 spiro atoms. The number of halogens is 3. The third-order valence-corrected chi connectivity index (χ3v) is 5.23. The van der Waals surface area contributed by atoms with E-state index >= 15 is 0 Å². The van der Waals surface area contributed by atoms with Crippen LogP contribution in [0.3, 0.4) is 0 Å². The number of hydrogen-bond donors (Lipinski definition) is 0. The summed E-state index contributed by atoms with van der Waals surface area (Å²) < 4.78 is 23.6. The lowest BCUT2D eigenvalue weighted by Crippen LogP contribution is -2.26. The molecule has 5 nitrogen and oxygen atoms in total. The quantitative estimate of drug-likeness (QED) is 0.546. The molecule has 9 heteroatoms. The van der Waals surface area contributed by atoms with E-state index in [-0.39, 0.29) is 18.9 Å². The number of aromatic nitrogens is 1. The van der Waals surface area contributed by atoms with E-state index in [2.05, 4.69) is 36.8 Å². The van der Waals surface area contributed by atoms with Crippen molar-refractivity contribution in [3.63, 3.8) is 0 Å². The van der Waals surface area contributed by atoms with Crippen LogP contribution in [0.1, 0.15) is 6.42 Å². The van der Waals surface area contributed by atoms with E-state index in [0.717, 1.165) is 0 Å². The van der Waals surface area contributed by atoms with Crippen LogP contribution in [0.25, 0.3) is 0 Å². The van der Waals surface area contributed by atoms with Crippen molar-refractivity contribution in [1.82, 2.24) is 4.98 Å². The lowest BCUT2D eigenvalue weighted by Gasteiger charge is -2.16. The highest BCUT2D eigenvalue weighted by molar-refractivity contribution is 9.11. The highest BCUT2D eigenvalue weighted by Gasteiger charge is 2.38. The van der Waals surface area contributed by atoms with E-state index in [4.69, 9.17) is 10.7 Å². The topological polar surface area (TPSA) is 67.3 Å². The van der Waals surface area contributed by atoms with Gasteiger partial charge < -0.3 is 4.90 Å². The van der Waals surface area contributed by atoms with Crippen molar-refractivity contribution < 1.29 is 13.2 Å². The Morgan fingerprint density at radius 2 is 1.89 bits per heavy atom. The summed E-state index contributed by atoms with van der Waals surface area (Å²) in [6.07, 6.45) is -0.0939. The van der Waals surface area contributed by atoms with Crippen molar-refractivity contribution in [2.24, 2.45) is 0 Å². The molecule has 0 radical (unpaired) electrons. The minimum Gasteiger partial charge on any atom is -0.311 e. The first-order valence-corrected chi connectivity index (χ1v) is 8.80. The highest BCUT2D eigenvalue weighted by Crippen LogP contribution is 2.29. The Morgan fingerprint density at radius 1 is 1.33 bits per heavy atom. The molecule has 0 aliphatic carbocycles. The smallest absolute Gasteiger partial charge is 0.237 e. The van der Waals surface area contributed by atoms with Crippen LogP contribution < -0.4 is 4.90 Å². The van der Waals surface area contributed by atoms with Crippen LogP contribution in [0.2, 0.25) is 0 Å². The Bertz CT molecular complexity index is 588. The van der Waals surface area contributed by atoms with E-state index < -0.39 is 14.3 Å². The van der Waals surface area contributed by atoms with Crippen LogP contribution in [0.5, 0.6) is 0 Å². The summed E-state index contributed by atoms with van der Waals surface area (Å²) in [5, 5.41) is -0.864. The van der Waals surface area contributed by atoms with Crippen LogP contribution in [-0.2, 0) is 13.8 Å². The number of anilines is 1. The first-order chi connectivity index (χ1) is 8.27. The zero-order valence-corrected chi connectivity index (χ0v) is 13.6. The summed E-state index contributed by atoms with van der Waals surface area (Å²) >= 11 is 6.42. The molecule has 1 aliphatic rings. The van der Waals surface area contributed by atoms with Crippen LogP contribution in [0.4, 0.5) is 5.69 Å². The molecular formula is C9H7Br2ClN2O3S. The number of pyridine rings is 1. The van der Waals surface area contributed by atoms with Gasteiger partial charge in [-0.05, 0) is 44.0 Å². The molecule has 2 heterocycles. The highest BCUT2D eigenvalue weighted by atomic mass is 79.9. The largest absolute Gasteiger partial charge is 0.311 e. The summed E-state index contributed by atoms with van der Waals surface area (Å²) in [7, 11) is 1.56. The van der Waals surface area contributed by atoms with Crippen LogP contribution in [-0.4, -0.2) is 31.1 Å². The molecule has 0 bridgehead atoms. The predicted molar refractivity (Wildman–Crippen MR) is 75.2 cm³/mol. The third kappa shape index (κ3) is 3.04. The number of rotatable bonds is 2. The van der Waals surface area contributed by atoms with E-state index in [0.29, 0.717) is 14.9 Å². The molecule has 0 saturated carbocycles. The molecule has 1 aromatic rings. The third-order valence-electron chi connectivity index (χ3n) is 2.55. The Labute approximate surface area is 125 Å². The standard InChI is InChI=1S/C9H7Br2ClN2O3S/c10-7-1-5(2-8(11)13-7)14-4-6(3-9(14)15)18(12,16)17/h1-2,6H,3-4H2. The molecule has 1 fully saturated rings. The molecule has 0 aromatic carbocycles. The van der Waals surface area contributed by atoms with Crippen molar-refractivity contribution in [1.29, 1.82) is 0 Å². The number of carbonyl (C=O) groups excluding carboxylic acids is 1. The zero-order valence-electron chi connectivity index (χ0n) is 8.81. The van der Waals surface area contributed by atoms with E-state index in [9.17, 15) is 13.2 Å². The molecule has 1 aromatic heterocycles. The van der Waals surface area contributed by atoms with Gasteiger partial charge in [-0.15, -0.1) is 0 Å². The lowest BCUT2D eigenvalue weighted by molar-refractivity contribution is -0.117. The van der Waals surface area contributed by atoms with Crippen molar-refractivity contribution in [2.75, 3.05) is 11.4 Å². The second kappa shape index (κ2) is 5.07. The fourth-order valence-corrected chi connectivity index (χ4v) is 3.84. The fourth-order valence-electron chi connectivity index (χ4n) is 1.72. The minimum atomic E-state index is -3.73. The second-order valence-corrected chi connectivity index (χ2v) is 8.31. The van der Waals surface area contributed by atoms with E-state index in [1.165, 1.54) is 4.90 Å². The normalized spacial score (nSPS) is 20.5. The number of carbonyl (C=O) groups is 1. The molecule has 1 aliphatic heterocycles. The molecule has 1 atom stereocenters. The van der Waals surface area contributed by atoms with E-state index in [1.807, 2.05) is 0 Å². The summed E-state index contributed by atoms with van der Waals surface area (Å²) in [6, 6.07) is 3.29. The van der Waals surface area contributed by atoms with Gasteiger partial charge in [0.25, 0.3) is 0 Å². The maximum Gasteiger partial charge on any atom is 0.237 e. The molecule has 98 valence electrons. The van der Waals surface area contributed by atoms with Gasteiger partial charge in [-0.1, -0.05) is 0 Å². The Hall–Kier alpha value is -0.180. The molecule has 18 heavy (non-hydrogen) atoms. The van der Waals surface area contributed by atoms with Gasteiger partial charge in [0.15, 0.2) is 0 Å². The van der Waals surface area contributed by atoms with Crippen LogP contribution in [0, 0.1) is 0 Å². The fraction of sp³-hybridized carbons (Fsp3) is 0.333. The van der Waals surface area contributed by atoms with Gasteiger partial charge in [0.05, 0.1) is 0 Å². The first-order valence-electron chi connectivity index (χ1n) is 4.84. The molecule has 1 amide bonds. The van der Waals surface area contributed by atoms with Crippen molar-refractivity contribution in [2.45, 2.75) is 11.7 Å². The van der Waals surface area contributed by atoms with Gasteiger partial charge >= 0.3 is 0 Å². The zero-order chi connectivity index (χ0) is 13.5. The Kier molecular flexibility index (Phi) is 4.01. The van der Waals surface area contributed by atoms with Crippen molar-refractivity contribution in [3.05, 3.63) is 21.3 Å². The minimum absolute atomic E-state index is 0.0631. The predicted octanol–water partition coefficient (Wildman–Crippen LogP) is 2.28.